The van der Waals surface area contributed by atoms with Gasteiger partial charge in [-0.2, -0.15) is 0 Å². The molecule has 0 unspecified atom stereocenters. The first-order valence-corrected chi connectivity index (χ1v) is 18.3. The number of hydrogen-bond donors (Lipinski definition) is 6. The number of aliphatic hydroxyl groups excluding tert-OH is 2. The molecule has 6 rings (SSSR count). The third-order valence-corrected chi connectivity index (χ3v) is 9.84. The average molecular weight is 745 g/mol. The van der Waals surface area contributed by atoms with Crippen molar-refractivity contribution < 1.29 is 29.3 Å². The van der Waals surface area contributed by atoms with Crippen LogP contribution in [0.25, 0.3) is 10.9 Å². The van der Waals surface area contributed by atoms with Crippen molar-refractivity contribution in [2.24, 2.45) is 0 Å². The van der Waals surface area contributed by atoms with Crippen molar-refractivity contribution in [3.8, 4) is 5.75 Å². The molecule has 0 aliphatic heterocycles. The van der Waals surface area contributed by atoms with Gasteiger partial charge in [0.1, 0.15) is 29.7 Å². The summed E-state index contributed by atoms with van der Waals surface area (Å²) < 4.78 is 5.62. The molecule has 12 heteroatoms. The molecule has 6 aromatic rings. The summed E-state index contributed by atoms with van der Waals surface area (Å²) in [6.07, 6.45) is -2.87. The van der Waals surface area contributed by atoms with E-state index >= 15 is 0 Å². The maximum Gasteiger partial charge on any atom is 0.268 e. The van der Waals surface area contributed by atoms with Gasteiger partial charge in [-0.3, -0.25) is 19.2 Å². The number of carbonyl (C=O) groups is 3. The van der Waals surface area contributed by atoms with Crippen molar-refractivity contribution in [1.82, 2.24) is 20.9 Å². The van der Waals surface area contributed by atoms with Crippen LogP contribution in [-0.2, 0) is 22.4 Å². The molecule has 2 heterocycles. The van der Waals surface area contributed by atoms with Gasteiger partial charge in [0, 0.05) is 21.8 Å². The van der Waals surface area contributed by atoms with Crippen LogP contribution in [0.4, 0.5) is 0 Å². The summed E-state index contributed by atoms with van der Waals surface area (Å²) in [5, 5.41) is 34.3. The molecule has 0 saturated heterocycles. The van der Waals surface area contributed by atoms with Gasteiger partial charge >= 0.3 is 0 Å². The van der Waals surface area contributed by atoms with E-state index in [0.29, 0.717) is 21.5 Å². The topological polar surface area (TPSA) is 170 Å². The predicted octanol–water partition coefficient (Wildman–Crippen LogP) is 4.32. The molecule has 0 aliphatic carbocycles. The minimum atomic E-state index is -1.59. The van der Waals surface area contributed by atoms with Gasteiger partial charge in [0.15, 0.2) is 12.0 Å². The Morgan fingerprint density at radius 2 is 1.26 bits per heavy atom. The fourth-order valence-electron chi connectivity index (χ4n) is 6.16. The Morgan fingerprint density at radius 1 is 0.685 bits per heavy atom. The number of ether oxygens (including phenoxy) is 1. The molecule has 2 aromatic heterocycles. The first-order chi connectivity index (χ1) is 26.2. The molecule has 0 spiro atoms. The quantitative estimate of drug-likeness (QED) is 0.0858. The maximum absolute atomic E-state index is 14.2. The molecule has 5 atom stereocenters. The Morgan fingerprint density at radius 3 is 1.87 bits per heavy atom. The molecule has 0 aliphatic rings. The van der Waals surface area contributed by atoms with E-state index in [4.69, 9.17) is 4.74 Å². The highest BCUT2D eigenvalue weighted by molar-refractivity contribution is 7.10. The molecular weight excluding hydrogens is 705 g/mol. The van der Waals surface area contributed by atoms with Gasteiger partial charge in [-0.1, -0.05) is 97.1 Å². The van der Waals surface area contributed by atoms with Crippen LogP contribution in [0.2, 0.25) is 0 Å². The Bertz CT molecular complexity index is 2200. The van der Waals surface area contributed by atoms with E-state index in [0.717, 1.165) is 11.1 Å². The standard InChI is InChI=1S/C42H40N4O7S/c47-35-25-34(43-31-20-11-10-19-30(31)35)41(51)46-38(36-21-12-22-54-36)42(52)45-33(24-28-15-6-2-7-16-28)40(50)39(49)32(23-27-13-4-1-5-14-27)44-37(48)26-53-29-17-8-3-9-18-29/h1-22,25,32-33,38-40,49-50H,23-24,26H2,(H,43,47)(H,44,48)(H,45,52)(H,46,51)/t32-,33-,38+,39-,40-/m0/s1. The number of rotatable bonds is 16. The molecule has 276 valence electrons. The van der Waals surface area contributed by atoms with E-state index in [9.17, 15) is 29.4 Å². The summed E-state index contributed by atoms with van der Waals surface area (Å²) >= 11 is 1.25. The maximum atomic E-state index is 14.2. The van der Waals surface area contributed by atoms with Crippen LogP contribution in [0.15, 0.2) is 144 Å². The molecule has 0 saturated carbocycles. The lowest BCUT2D eigenvalue weighted by atomic mass is 9.91. The van der Waals surface area contributed by atoms with Crippen molar-refractivity contribution in [2.45, 2.75) is 43.2 Å². The number of thiophene rings is 1. The molecule has 11 nitrogen and oxygen atoms in total. The minimum absolute atomic E-state index is 0.0277. The van der Waals surface area contributed by atoms with Gasteiger partial charge in [-0.05, 0) is 59.7 Å². The fraction of sp³-hybridized carbons (Fsp3) is 0.190. The summed E-state index contributed by atoms with van der Waals surface area (Å²) in [6.45, 7) is -0.326. The van der Waals surface area contributed by atoms with Gasteiger partial charge < -0.3 is 35.9 Å². The molecule has 0 radical (unpaired) electrons. The zero-order chi connectivity index (χ0) is 37.9. The van der Waals surface area contributed by atoms with Gasteiger partial charge in [0.2, 0.25) is 5.91 Å². The summed E-state index contributed by atoms with van der Waals surface area (Å²) in [5.74, 6) is -1.35. The summed E-state index contributed by atoms with van der Waals surface area (Å²) in [7, 11) is 0. The number of hydrogen-bond acceptors (Lipinski definition) is 8. The van der Waals surface area contributed by atoms with Crippen molar-refractivity contribution in [2.75, 3.05) is 6.61 Å². The summed E-state index contributed by atoms with van der Waals surface area (Å²) in [6, 6.07) is 35.3. The number of amides is 3. The van der Waals surface area contributed by atoms with E-state index in [-0.39, 0.29) is 30.6 Å². The number of aromatic amines is 1. The number of aliphatic hydroxyl groups is 2. The largest absolute Gasteiger partial charge is 0.484 e. The third kappa shape index (κ3) is 9.86. The Kier molecular flexibility index (Phi) is 12.6. The predicted molar refractivity (Wildman–Crippen MR) is 207 cm³/mol. The Balaban J connectivity index is 1.24. The summed E-state index contributed by atoms with van der Waals surface area (Å²) in [5.41, 5.74) is 1.65. The number of fused-ring (bicyclic) bond motifs is 1. The van der Waals surface area contributed by atoms with Crippen molar-refractivity contribution >= 4 is 40.0 Å². The van der Waals surface area contributed by atoms with Crippen molar-refractivity contribution in [1.29, 1.82) is 0 Å². The summed E-state index contributed by atoms with van der Waals surface area (Å²) in [4.78, 5) is 57.2. The second-order valence-corrected chi connectivity index (χ2v) is 13.7. The number of pyridine rings is 1. The van der Waals surface area contributed by atoms with Crippen LogP contribution >= 0.6 is 11.3 Å². The zero-order valence-electron chi connectivity index (χ0n) is 29.1. The van der Waals surface area contributed by atoms with E-state index in [2.05, 4.69) is 20.9 Å². The first kappa shape index (κ1) is 37.7. The van der Waals surface area contributed by atoms with Crippen LogP contribution in [0.5, 0.6) is 5.75 Å². The highest BCUT2D eigenvalue weighted by Gasteiger charge is 2.36. The van der Waals surface area contributed by atoms with Gasteiger partial charge in [0.25, 0.3) is 11.8 Å². The molecular formula is C42H40N4O7S. The second kappa shape index (κ2) is 18.1. The number of carbonyl (C=O) groups excluding carboxylic acids is 3. The van der Waals surface area contributed by atoms with Crippen LogP contribution in [0, 0.1) is 0 Å². The van der Waals surface area contributed by atoms with E-state index < -0.39 is 48.1 Å². The minimum Gasteiger partial charge on any atom is -0.484 e. The lowest BCUT2D eigenvalue weighted by molar-refractivity contribution is -0.128. The van der Waals surface area contributed by atoms with Gasteiger partial charge in [-0.15, -0.1) is 11.3 Å². The zero-order valence-corrected chi connectivity index (χ0v) is 29.9. The lowest BCUT2D eigenvalue weighted by Gasteiger charge is -2.34. The molecule has 0 bridgehead atoms. The van der Waals surface area contributed by atoms with Crippen LogP contribution in [0.3, 0.4) is 0 Å². The third-order valence-electron chi connectivity index (χ3n) is 8.91. The highest BCUT2D eigenvalue weighted by Crippen LogP contribution is 2.22. The van der Waals surface area contributed by atoms with Crippen LogP contribution in [0.1, 0.15) is 32.5 Å². The first-order valence-electron chi connectivity index (χ1n) is 17.4. The SMILES string of the molecule is O=C(COc1ccccc1)N[C@@H](Cc1ccccc1)[C@H](O)[C@@H](O)[C@H](Cc1ccccc1)NC(=O)[C@H](NC(=O)c1cc(=O)c2ccccc2[nH]1)c1cccs1. The molecule has 4 aromatic carbocycles. The molecule has 0 fully saturated rings. The molecule has 54 heavy (non-hydrogen) atoms. The van der Waals surface area contributed by atoms with E-state index in [1.54, 1.807) is 66.0 Å². The molecule has 6 N–H and O–H groups in total. The van der Waals surface area contributed by atoms with Gasteiger partial charge in [-0.25, -0.2) is 0 Å². The monoisotopic (exact) mass is 744 g/mol. The number of para-hydroxylation sites is 2. The van der Waals surface area contributed by atoms with Crippen molar-refractivity contribution in [3.63, 3.8) is 0 Å². The smallest absolute Gasteiger partial charge is 0.268 e. The normalized spacial score (nSPS) is 13.9. The number of H-pyrrole nitrogens is 1. The second-order valence-electron chi connectivity index (χ2n) is 12.8. The van der Waals surface area contributed by atoms with Crippen LogP contribution in [-0.4, -0.2) is 63.8 Å². The Hall–Kier alpha value is -6.08. The number of aromatic nitrogens is 1. The fourth-order valence-corrected chi connectivity index (χ4v) is 6.93. The lowest BCUT2D eigenvalue weighted by Crippen LogP contribution is -2.58. The number of benzene rings is 4. The van der Waals surface area contributed by atoms with Crippen molar-refractivity contribution in [3.05, 3.63) is 171 Å². The average Bonchev–Trinajstić information content (AvgIpc) is 3.74. The number of nitrogens with one attached hydrogen (secondary N) is 4. The van der Waals surface area contributed by atoms with E-state index in [1.807, 2.05) is 66.7 Å². The van der Waals surface area contributed by atoms with Crippen LogP contribution < -0.4 is 26.1 Å². The van der Waals surface area contributed by atoms with E-state index in [1.165, 1.54) is 17.4 Å². The highest BCUT2D eigenvalue weighted by atomic mass is 32.1. The molecule has 3 amide bonds. The Labute approximate surface area is 315 Å². The van der Waals surface area contributed by atoms with Gasteiger partial charge in [0.05, 0.1) is 12.1 Å².